The summed E-state index contributed by atoms with van der Waals surface area (Å²) < 4.78 is 6.93. The van der Waals surface area contributed by atoms with Gasteiger partial charge in [0.1, 0.15) is 11.9 Å². The molecule has 2 heterocycles. The molecule has 28 heavy (non-hydrogen) atoms. The van der Waals surface area contributed by atoms with Crippen LogP contribution in [0.5, 0.6) is 0 Å². The maximum Gasteiger partial charge on any atom is 0.336 e. The van der Waals surface area contributed by atoms with Crippen LogP contribution in [0.3, 0.4) is 0 Å². The molecule has 0 radical (unpaired) electrons. The Morgan fingerprint density at radius 2 is 1.96 bits per heavy atom. The fourth-order valence-corrected chi connectivity index (χ4v) is 3.41. The highest BCUT2D eigenvalue weighted by atomic mass is 32.2. The van der Waals surface area contributed by atoms with Gasteiger partial charge in [-0.15, -0.1) is 10.2 Å². The van der Waals surface area contributed by atoms with E-state index in [0.717, 1.165) is 11.1 Å². The molecule has 7 nitrogen and oxygen atoms in total. The molecule has 0 saturated carbocycles. The van der Waals surface area contributed by atoms with Gasteiger partial charge < -0.3 is 9.73 Å². The lowest BCUT2D eigenvalue weighted by atomic mass is 10.2. The van der Waals surface area contributed by atoms with Crippen molar-refractivity contribution in [2.24, 2.45) is 0 Å². The largest absolute Gasteiger partial charge is 0.423 e. The van der Waals surface area contributed by atoms with Gasteiger partial charge in [0, 0.05) is 22.8 Å². The molecule has 4 aromatic rings. The van der Waals surface area contributed by atoms with Gasteiger partial charge >= 0.3 is 5.63 Å². The van der Waals surface area contributed by atoms with Crippen LogP contribution < -0.4 is 10.9 Å². The normalized spacial score (nSPS) is 10.9. The number of nitrogens with zero attached hydrogens (tertiary/aromatic N) is 3. The zero-order valence-corrected chi connectivity index (χ0v) is 15.8. The van der Waals surface area contributed by atoms with Gasteiger partial charge in [0.05, 0.1) is 5.75 Å². The van der Waals surface area contributed by atoms with Crippen molar-refractivity contribution in [3.05, 3.63) is 76.9 Å². The molecule has 0 bridgehead atoms. The molecule has 0 atom stereocenters. The number of rotatable bonds is 5. The van der Waals surface area contributed by atoms with Crippen molar-refractivity contribution in [2.45, 2.75) is 12.1 Å². The van der Waals surface area contributed by atoms with E-state index >= 15 is 0 Å². The maximum absolute atomic E-state index is 12.3. The standard InChI is InChI=1S/C20H16N4O3S/c1-13-2-6-16(7-3-13)24-12-21-23-20(24)28-11-18(25)22-15-5-8-17-14(10-15)4-9-19(26)27-17/h2-10,12H,11H2,1H3,(H,22,25). The third-order valence-corrected chi connectivity index (χ3v) is 5.01. The number of nitrogens with one attached hydrogen (secondary N) is 1. The highest BCUT2D eigenvalue weighted by Gasteiger charge is 2.11. The van der Waals surface area contributed by atoms with Crippen molar-refractivity contribution < 1.29 is 9.21 Å². The second kappa shape index (κ2) is 7.69. The third kappa shape index (κ3) is 3.96. The molecule has 2 aromatic heterocycles. The summed E-state index contributed by atoms with van der Waals surface area (Å²) in [6.07, 6.45) is 1.63. The summed E-state index contributed by atoms with van der Waals surface area (Å²) in [5, 5.41) is 12.3. The van der Waals surface area contributed by atoms with E-state index in [4.69, 9.17) is 4.42 Å². The summed E-state index contributed by atoms with van der Waals surface area (Å²) in [6, 6.07) is 16.1. The third-order valence-electron chi connectivity index (χ3n) is 4.06. The summed E-state index contributed by atoms with van der Waals surface area (Å²) in [6.45, 7) is 2.02. The maximum atomic E-state index is 12.3. The summed E-state index contributed by atoms with van der Waals surface area (Å²) in [4.78, 5) is 23.6. The van der Waals surface area contributed by atoms with Gasteiger partial charge in [-0.25, -0.2) is 4.79 Å². The molecule has 8 heteroatoms. The first kappa shape index (κ1) is 18.0. The van der Waals surface area contributed by atoms with Crippen LogP contribution in [0.4, 0.5) is 5.69 Å². The van der Waals surface area contributed by atoms with E-state index in [0.29, 0.717) is 16.4 Å². The Morgan fingerprint density at radius 1 is 1.14 bits per heavy atom. The number of anilines is 1. The lowest BCUT2D eigenvalue weighted by Gasteiger charge is -2.08. The topological polar surface area (TPSA) is 90.0 Å². The van der Waals surface area contributed by atoms with Crippen molar-refractivity contribution in [1.82, 2.24) is 14.8 Å². The Balaban J connectivity index is 1.43. The number of thioether (sulfide) groups is 1. The molecule has 1 N–H and O–H groups in total. The molecule has 0 unspecified atom stereocenters. The minimum absolute atomic E-state index is 0.166. The molecule has 0 aliphatic carbocycles. The molecule has 0 saturated heterocycles. The lowest BCUT2D eigenvalue weighted by molar-refractivity contribution is -0.113. The first-order chi connectivity index (χ1) is 13.6. The molecule has 0 spiro atoms. The molecule has 0 aliphatic rings. The number of aromatic nitrogens is 3. The Kier molecular flexibility index (Phi) is 4.94. The van der Waals surface area contributed by atoms with Crippen LogP contribution in [-0.4, -0.2) is 26.4 Å². The summed E-state index contributed by atoms with van der Waals surface area (Å²) in [5.74, 6) is 0.0205. The highest BCUT2D eigenvalue weighted by Crippen LogP contribution is 2.21. The van der Waals surface area contributed by atoms with Crippen molar-refractivity contribution in [3.63, 3.8) is 0 Å². The van der Waals surface area contributed by atoms with Crippen LogP contribution in [0.2, 0.25) is 0 Å². The first-order valence-corrected chi connectivity index (χ1v) is 9.51. The smallest absolute Gasteiger partial charge is 0.336 e. The number of fused-ring (bicyclic) bond motifs is 1. The highest BCUT2D eigenvalue weighted by molar-refractivity contribution is 7.99. The van der Waals surface area contributed by atoms with Crippen LogP contribution in [-0.2, 0) is 4.79 Å². The number of amides is 1. The average Bonchev–Trinajstić information content (AvgIpc) is 3.16. The summed E-state index contributed by atoms with van der Waals surface area (Å²) in [7, 11) is 0. The van der Waals surface area contributed by atoms with Gasteiger partial charge in [-0.05, 0) is 43.3 Å². The van der Waals surface area contributed by atoms with E-state index < -0.39 is 5.63 Å². The number of hydrogen-bond acceptors (Lipinski definition) is 6. The van der Waals surface area contributed by atoms with Crippen LogP contribution in [0, 0.1) is 6.92 Å². The molecule has 4 rings (SSSR count). The van der Waals surface area contributed by atoms with Gasteiger partial charge in [0.2, 0.25) is 5.91 Å². The predicted octanol–water partition coefficient (Wildman–Crippen LogP) is 3.41. The van der Waals surface area contributed by atoms with E-state index in [-0.39, 0.29) is 11.7 Å². The van der Waals surface area contributed by atoms with Crippen molar-refractivity contribution >= 4 is 34.3 Å². The SMILES string of the molecule is Cc1ccc(-n2cnnc2SCC(=O)Nc2ccc3oc(=O)ccc3c2)cc1. The van der Waals surface area contributed by atoms with Crippen LogP contribution >= 0.6 is 11.8 Å². The Hall–Kier alpha value is -3.39. The number of carbonyl (C=O) groups excluding carboxylic acids is 1. The van der Waals surface area contributed by atoms with Crippen molar-refractivity contribution in [1.29, 1.82) is 0 Å². The van der Waals surface area contributed by atoms with Crippen molar-refractivity contribution in [2.75, 3.05) is 11.1 Å². The molecule has 2 aromatic carbocycles. The van der Waals surface area contributed by atoms with E-state index in [1.165, 1.54) is 23.4 Å². The first-order valence-electron chi connectivity index (χ1n) is 8.52. The minimum Gasteiger partial charge on any atom is -0.423 e. The van der Waals surface area contributed by atoms with Gasteiger partial charge in [0.25, 0.3) is 0 Å². The lowest BCUT2D eigenvalue weighted by Crippen LogP contribution is -2.14. The number of hydrogen-bond donors (Lipinski definition) is 1. The number of aryl methyl sites for hydroxylation is 1. The minimum atomic E-state index is -0.404. The van der Waals surface area contributed by atoms with E-state index in [2.05, 4.69) is 15.5 Å². The molecule has 1 amide bonds. The van der Waals surface area contributed by atoms with Gasteiger partial charge in [-0.3, -0.25) is 9.36 Å². The molecule has 0 aliphatic heterocycles. The molecule has 0 fully saturated rings. The Labute approximate surface area is 164 Å². The van der Waals surface area contributed by atoms with Gasteiger partial charge in [-0.2, -0.15) is 0 Å². The fourth-order valence-electron chi connectivity index (χ4n) is 2.68. The van der Waals surface area contributed by atoms with E-state index in [1.54, 1.807) is 30.6 Å². The summed E-state index contributed by atoms with van der Waals surface area (Å²) in [5.41, 5.74) is 2.81. The molecular formula is C20H16N4O3S. The predicted molar refractivity (Wildman–Crippen MR) is 108 cm³/mol. The Bertz CT molecular complexity index is 1200. The zero-order chi connectivity index (χ0) is 19.5. The quantitative estimate of drug-likeness (QED) is 0.413. The fraction of sp³-hybridized carbons (Fsp3) is 0.100. The second-order valence-corrected chi connectivity index (χ2v) is 7.11. The average molecular weight is 392 g/mol. The summed E-state index contributed by atoms with van der Waals surface area (Å²) >= 11 is 1.30. The number of benzene rings is 2. The Morgan fingerprint density at radius 3 is 2.79 bits per heavy atom. The van der Waals surface area contributed by atoms with Crippen LogP contribution in [0.1, 0.15) is 5.56 Å². The van der Waals surface area contributed by atoms with Crippen LogP contribution in [0.25, 0.3) is 16.7 Å². The molecule has 140 valence electrons. The monoisotopic (exact) mass is 392 g/mol. The van der Waals surface area contributed by atoms with E-state index in [9.17, 15) is 9.59 Å². The number of carbonyl (C=O) groups is 1. The van der Waals surface area contributed by atoms with E-state index in [1.807, 2.05) is 35.8 Å². The van der Waals surface area contributed by atoms with Gasteiger partial charge in [-0.1, -0.05) is 29.5 Å². The second-order valence-electron chi connectivity index (χ2n) is 6.16. The van der Waals surface area contributed by atoms with Crippen molar-refractivity contribution in [3.8, 4) is 5.69 Å². The molecular weight excluding hydrogens is 376 g/mol. The zero-order valence-electron chi connectivity index (χ0n) is 15.0. The van der Waals surface area contributed by atoms with Gasteiger partial charge in [0.15, 0.2) is 5.16 Å². The van der Waals surface area contributed by atoms with Crippen LogP contribution in [0.15, 0.2) is 75.3 Å².